The molecular weight excluding hydrogens is 318 g/mol. The number of piperazine rings is 1. The van der Waals surface area contributed by atoms with Crippen molar-refractivity contribution in [3.8, 4) is 5.75 Å². The van der Waals surface area contributed by atoms with Gasteiger partial charge < -0.3 is 19.4 Å². The van der Waals surface area contributed by atoms with Crippen LogP contribution < -0.4 is 9.64 Å². The predicted octanol–water partition coefficient (Wildman–Crippen LogP) is 1.35. The number of hydrogen-bond donors (Lipinski definition) is 0. The molecule has 134 valence electrons. The average Bonchev–Trinajstić information content (AvgIpc) is 3.43. The maximum atomic E-state index is 12.8. The van der Waals surface area contributed by atoms with Crippen molar-refractivity contribution < 1.29 is 14.3 Å². The van der Waals surface area contributed by atoms with Gasteiger partial charge in [0.25, 0.3) is 0 Å². The van der Waals surface area contributed by atoms with Crippen LogP contribution in [0, 0.1) is 5.92 Å². The van der Waals surface area contributed by atoms with Crippen LogP contribution in [0.25, 0.3) is 0 Å². The summed E-state index contributed by atoms with van der Waals surface area (Å²) in [6, 6.07) is 8.45. The summed E-state index contributed by atoms with van der Waals surface area (Å²) in [5, 5.41) is 0. The normalized spacial score (nSPS) is 24.0. The van der Waals surface area contributed by atoms with Gasteiger partial charge in [-0.2, -0.15) is 0 Å². The maximum absolute atomic E-state index is 12.8. The van der Waals surface area contributed by atoms with E-state index in [-0.39, 0.29) is 17.7 Å². The molecular formula is C19H25N3O3. The van der Waals surface area contributed by atoms with Gasteiger partial charge in [-0.15, -0.1) is 0 Å². The van der Waals surface area contributed by atoms with Crippen molar-refractivity contribution in [1.29, 1.82) is 0 Å². The number of ether oxygens (including phenoxy) is 1. The van der Waals surface area contributed by atoms with Crippen LogP contribution in [0.2, 0.25) is 0 Å². The number of likely N-dealkylation sites (tertiary alicyclic amines) is 1. The summed E-state index contributed by atoms with van der Waals surface area (Å²) in [6.45, 7) is 3.72. The molecule has 2 heterocycles. The number of carbonyl (C=O) groups is 2. The summed E-state index contributed by atoms with van der Waals surface area (Å²) < 4.78 is 5.20. The molecule has 3 aliphatic rings. The number of rotatable bonds is 4. The molecule has 0 N–H and O–H groups in total. The Labute approximate surface area is 148 Å². The minimum absolute atomic E-state index is 0.138. The van der Waals surface area contributed by atoms with Crippen molar-refractivity contribution in [2.24, 2.45) is 5.92 Å². The van der Waals surface area contributed by atoms with Crippen LogP contribution in [0.5, 0.6) is 5.75 Å². The maximum Gasteiger partial charge on any atom is 0.228 e. The molecule has 25 heavy (non-hydrogen) atoms. The predicted molar refractivity (Wildman–Crippen MR) is 94.6 cm³/mol. The van der Waals surface area contributed by atoms with Gasteiger partial charge >= 0.3 is 0 Å². The molecule has 0 unspecified atom stereocenters. The first-order valence-electron chi connectivity index (χ1n) is 9.13. The van der Waals surface area contributed by atoms with E-state index < -0.39 is 0 Å². The summed E-state index contributed by atoms with van der Waals surface area (Å²) in [6.07, 6.45) is 2.61. The Bertz CT molecular complexity index is 648. The molecule has 4 rings (SSSR count). The van der Waals surface area contributed by atoms with Gasteiger partial charge in [0.15, 0.2) is 0 Å². The molecule has 1 aliphatic carbocycles. The number of hydrogen-bond acceptors (Lipinski definition) is 4. The van der Waals surface area contributed by atoms with Crippen LogP contribution in [0.15, 0.2) is 24.3 Å². The zero-order valence-corrected chi connectivity index (χ0v) is 14.7. The Kier molecular flexibility index (Phi) is 4.27. The fraction of sp³-hybridized carbons (Fsp3) is 0.579. The molecule has 0 radical (unpaired) electrons. The number of anilines is 1. The van der Waals surface area contributed by atoms with E-state index in [0.29, 0.717) is 19.0 Å². The van der Waals surface area contributed by atoms with E-state index in [9.17, 15) is 9.59 Å². The second kappa shape index (κ2) is 6.58. The molecule has 3 fully saturated rings. The first-order valence-corrected chi connectivity index (χ1v) is 9.13. The molecule has 1 atom stereocenters. The van der Waals surface area contributed by atoms with Crippen molar-refractivity contribution in [3.63, 3.8) is 0 Å². The monoisotopic (exact) mass is 343 g/mol. The Balaban J connectivity index is 1.32. The standard InChI is InChI=1S/C19H25N3O3/c1-25-17-6-4-15(5-7-17)20-8-10-21(11-9-20)19(24)14-12-18(23)22(13-14)16-2-3-16/h4-7,14,16H,2-3,8-13H2,1H3/t14-/m1/s1. The summed E-state index contributed by atoms with van der Waals surface area (Å²) in [4.78, 5) is 31.0. The van der Waals surface area contributed by atoms with E-state index in [1.54, 1.807) is 7.11 Å². The van der Waals surface area contributed by atoms with E-state index in [4.69, 9.17) is 4.74 Å². The zero-order chi connectivity index (χ0) is 17.4. The van der Waals surface area contributed by atoms with Crippen LogP contribution in [0.3, 0.4) is 0 Å². The number of benzene rings is 1. The number of amides is 2. The van der Waals surface area contributed by atoms with Gasteiger partial charge in [-0.1, -0.05) is 0 Å². The molecule has 2 amide bonds. The first kappa shape index (κ1) is 16.2. The molecule has 0 aromatic heterocycles. The van der Waals surface area contributed by atoms with Crippen LogP contribution >= 0.6 is 0 Å². The second-order valence-corrected chi connectivity index (χ2v) is 7.19. The highest BCUT2D eigenvalue weighted by Gasteiger charge is 2.43. The van der Waals surface area contributed by atoms with E-state index in [1.807, 2.05) is 21.9 Å². The Morgan fingerprint density at radius 1 is 1.08 bits per heavy atom. The lowest BCUT2D eigenvalue weighted by molar-refractivity contribution is -0.136. The minimum Gasteiger partial charge on any atom is -0.497 e. The van der Waals surface area contributed by atoms with Gasteiger partial charge in [0.1, 0.15) is 5.75 Å². The van der Waals surface area contributed by atoms with Crippen LogP contribution in [-0.4, -0.2) is 67.5 Å². The molecule has 1 aromatic carbocycles. The molecule has 1 saturated carbocycles. The highest BCUT2D eigenvalue weighted by atomic mass is 16.5. The van der Waals surface area contributed by atoms with Crippen LogP contribution in [-0.2, 0) is 9.59 Å². The summed E-state index contributed by atoms with van der Waals surface area (Å²) in [5.41, 5.74) is 1.16. The highest BCUT2D eigenvalue weighted by molar-refractivity contribution is 5.89. The molecule has 6 heteroatoms. The third-order valence-electron chi connectivity index (χ3n) is 5.52. The van der Waals surface area contributed by atoms with Crippen molar-refractivity contribution >= 4 is 17.5 Å². The highest BCUT2D eigenvalue weighted by Crippen LogP contribution is 2.33. The van der Waals surface area contributed by atoms with Crippen molar-refractivity contribution in [3.05, 3.63) is 24.3 Å². The smallest absolute Gasteiger partial charge is 0.228 e. The molecule has 2 saturated heterocycles. The van der Waals surface area contributed by atoms with Gasteiger partial charge in [-0.3, -0.25) is 9.59 Å². The summed E-state index contributed by atoms with van der Waals surface area (Å²) in [7, 11) is 1.66. The molecule has 2 aliphatic heterocycles. The van der Waals surface area contributed by atoms with Gasteiger partial charge in [0.05, 0.1) is 13.0 Å². The Morgan fingerprint density at radius 2 is 1.76 bits per heavy atom. The van der Waals surface area contributed by atoms with Crippen molar-refractivity contribution in [2.75, 3.05) is 44.7 Å². The first-order chi connectivity index (χ1) is 12.2. The van der Waals surface area contributed by atoms with Gasteiger partial charge in [-0.25, -0.2) is 0 Å². The molecule has 0 spiro atoms. The number of nitrogens with zero attached hydrogens (tertiary/aromatic N) is 3. The Morgan fingerprint density at radius 3 is 2.36 bits per heavy atom. The van der Waals surface area contributed by atoms with Gasteiger partial charge in [-0.05, 0) is 37.1 Å². The molecule has 6 nitrogen and oxygen atoms in total. The molecule has 0 bridgehead atoms. The van der Waals surface area contributed by atoms with Gasteiger partial charge in [0, 0.05) is 50.9 Å². The summed E-state index contributed by atoms with van der Waals surface area (Å²) >= 11 is 0. The minimum atomic E-state index is -0.138. The fourth-order valence-electron chi connectivity index (χ4n) is 3.87. The lowest BCUT2D eigenvalue weighted by Crippen LogP contribution is -2.50. The lowest BCUT2D eigenvalue weighted by Gasteiger charge is -2.37. The number of carbonyl (C=O) groups excluding carboxylic acids is 2. The quantitative estimate of drug-likeness (QED) is 0.828. The molecule has 1 aromatic rings. The fourth-order valence-corrected chi connectivity index (χ4v) is 3.87. The van der Waals surface area contributed by atoms with Crippen LogP contribution in [0.4, 0.5) is 5.69 Å². The van der Waals surface area contributed by atoms with Crippen LogP contribution in [0.1, 0.15) is 19.3 Å². The lowest BCUT2D eigenvalue weighted by atomic mass is 10.1. The van der Waals surface area contributed by atoms with E-state index in [2.05, 4.69) is 17.0 Å². The van der Waals surface area contributed by atoms with E-state index in [0.717, 1.165) is 50.5 Å². The van der Waals surface area contributed by atoms with Crippen molar-refractivity contribution in [2.45, 2.75) is 25.3 Å². The second-order valence-electron chi connectivity index (χ2n) is 7.19. The van der Waals surface area contributed by atoms with E-state index in [1.165, 1.54) is 0 Å². The Hall–Kier alpha value is -2.24. The number of methoxy groups -OCH3 is 1. The summed E-state index contributed by atoms with van der Waals surface area (Å²) in [5.74, 6) is 1.04. The van der Waals surface area contributed by atoms with E-state index >= 15 is 0 Å². The third-order valence-corrected chi connectivity index (χ3v) is 5.52. The van der Waals surface area contributed by atoms with Crippen molar-refractivity contribution in [1.82, 2.24) is 9.80 Å². The largest absolute Gasteiger partial charge is 0.497 e. The zero-order valence-electron chi connectivity index (χ0n) is 14.7. The van der Waals surface area contributed by atoms with Gasteiger partial charge in [0.2, 0.25) is 11.8 Å². The third kappa shape index (κ3) is 3.30. The SMILES string of the molecule is COc1ccc(N2CCN(C(=O)[C@@H]3CC(=O)N(C4CC4)C3)CC2)cc1. The topological polar surface area (TPSA) is 53.1 Å². The average molecular weight is 343 g/mol.